The Morgan fingerprint density at radius 2 is 2.00 bits per heavy atom. The van der Waals surface area contributed by atoms with Crippen molar-refractivity contribution in [3.63, 3.8) is 0 Å². The minimum Gasteiger partial charge on any atom is -0.397 e. The lowest BCUT2D eigenvalue weighted by Gasteiger charge is -2.26. The van der Waals surface area contributed by atoms with E-state index in [-0.39, 0.29) is 24.2 Å². The molecule has 0 spiro atoms. The fraction of sp³-hybridized carbons (Fsp3) is 0.429. The fourth-order valence-electron chi connectivity index (χ4n) is 2.24. The van der Waals surface area contributed by atoms with Crippen molar-refractivity contribution in [3.8, 4) is 0 Å². The first kappa shape index (κ1) is 13.9. The Morgan fingerprint density at radius 1 is 1.37 bits per heavy atom. The van der Waals surface area contributed by atoms with Crippen molar-refractivity contribution in [2.75, 3.05) is 10.6 Å². The van der Waals surface area contributed by atoms with Crippen molar-refractivity contribution in [1.29, 1.82) is 0 Å². The van der Waals surface area contributed by atoms with Gasteiger partial charge in [0.1, 0.15) is 0 Å². The number of nitrogens with two attached hydrogens (primary N) is 1. The highest BCUT2D eigenvalue weighted by molar-refractivity contribution is 6.32. The van der Waals surface area contributed by atoms with Crippen LogP contribution in [0.3, 0.4) is 0 Å². The van der Waals surface area contributed by atoms with Gasteiger partial charge in [0.05, 0.1) is 16.8 Å². The third-order valence-corrected chi connectivity index (χ3v) is 4.20. The van der Waals surface area contributed by atoms with Crippen LogP contribution in [0.4, 0.5) is 11.4 Å². The number of anilines is 2. The van der Waals surface area contributed by atoms with Gasteiger partial charge in [-0.05, 0) is 31.0 Å². The number of hydrogen-bond donors (Lipinski definition) is 1. The summed E-state index contributed by atoms with van der Waals surface area (Å²) in [6, 6.07) is 4.79. The molecule has 1 aliphatic rings. The van der Waals surface area contributed by atoms with Crippen molar-refractivity contribution in [2.45, 2.75) is 27.2 Å². The smallest absolute Gasteiger partial charge is 0.240 e. The Hall–Kier alpha value is -1.55. The summed E-state index contributed by atoms with van der Waals surface area (Å²) in [7, 11) is 0. The zero-order chi connectivity index (χ0) is 14.4. The molecule has 1 aromatic carbocycles. The largest absolute Gasteiger partial charge is 0.397 e. The molecule has 2 N–H and O–H groups in total. The number of imide groups is 1. The van der Waals surface area contributed by atoms with Gasteiger partial charge in [-0.1, -0.05) is 25.4 Å². The molecule has 0 radical (unpaired) electrons. The SMILES string of the molecule is CC(C)C1(C)CC(=O)N(c2cc(Cl)ccc2N)C1=O. The van der Waals surface area contributed by atoms with Gasteiger partial charge in [0, 0.05) is 11.4 Å². The monoisotopic (exact) mass is 280 g/mol. The van der Waals surface area contributed by atoms with Crippen LogP contribution in [-0.2, 0) is 9.59 Å². The van der Waals surface area contributed by atoms with Gasteiger partial charge in [0.15, 0.2) is 0 Å². The number of carbonyl (C=O) groups is 2. The minimum atomic E-state index is -0.675. The van der Waals surface area contributed by atoms with Crippen LogP contribution in [0.25, 0.3) is 0 Å². The number of benzene rings is 1. The summed E-state index contributed by atoms with van der Waals surface area (Å²) in [5.41, 5.74) is 5.93. The number of carbonyl (C=O) groups excluding carboxylic acids is 2. The Morgan fingerprint density at radius 3 is 2.53 bits per heavy atom. The van der Waals surface area contributed by atoms with Gasteiger partial charge in [-0.2, -0.15) is 0 Å². The summed E-state index contributed by atoms with van der Waals surface area (Å²) in [6.45, 7) is 5.70. The highest BCUT2D eigenvalue weighted by atomic mass is 35.5. The molecule has 1 atom stereocenters. The van der Waals surface area contributed by atoms with Crippen molar-refractivity contribution in [1.82, 2.24) is 0 Å². The van der Waals surface area contributed by atoms with Crippen LogP contribution in [0, 0.1) is 11.3 Å². The summed E-state index contributed by atoms with van der Waals surface area (Å²) in [6.07, 6.45) is 0.204. The molecular formula is C14H17ClN2O2. The second kappa shape index (κ2) is 4.53. The minimum absolute atomic E-state index is 0.0781. The first-order chi connectivity index (χ1) is 8.77. The Balaban J connectivity index is 2.49. The van der Waals surface area contributed by atoms with Crippen LogP contribution >= 0.6 is 11.6 Å². The van der Waals surface area contributed by atoms with E-state index in [4.69, 9.17) is 17.3 Å². The molecule has 19 heavy (non-hydrogen) atoms. The highest BCUT2D eigenvalue weighted by Crippen LogP contribution is 2.42. The van der Waals surface area contributed by atoms with Crippen molar-refractivity contribution in [3.05, 3.63) is 23.2 Å². The lowest BCUT2D eigenvalue weighted by molar-refractivity contribution is -0.126. The molecular weight excluding hydrogens is 264 g/mol. The molecule has 4 nitrogen and oxygen atoms in total. The highest BCUT2D eigenvalue weighted by Gasteiger charge is 2.50. The number of amides is 2. The van der Waals surface area contributed by atoms with Gasteiger partial charge in [-0.25, -0.2) is 4.90 Å². The molecule has 1 aliphatic heterocycles. The normalized spacial score (nSPS) is 23.5. The van der Waals surface area contributed by atoms with E-state index in [1.807, 2.05) is 20.8 Å². The second-order valence-electron chi connectivity index (χ2n) is 5.49. The zero-order valence-electron chi connectivity index (χ0n) is 11.2. The summed E-state index contributed by atoms with van der Waals surface area (Å²) in [4.78, 5) is 25.9. The number of rotatable bonds is 2. The van der Waals surface area contributed by atoms with Crippen LogP contribution in [0.2, 0.25) is 5.02 Å². The summed E-state index contributed by atoms with van der Waals surface area (Å²) >= 11 is 5.92. The van der Waals surface area contributed by atoms with E-state index in [9.17, 15) is 9.59 Å². The predicted molar refractivity (Wildman–Crippen MR) is 75.9 cm³/mol. The van der Waals surface area contributed by atoms with Crippen LogP contribution < -0.4 is 10.6 Å². The van der Waals surface area contributed by atoms with E-state index in [0.29, 0.717) is 16.4 Å². The molecule has 2 amide bonds. The van der Waals surface area contributed by atoms with E-state index >= 15 is 0 Å². The number of hydrogen-bond acceptors (Lipinski definition) is 3. The van der Waals surface area contributed by atoms with E-state index in [2.05, 4.69) is 0 Å². The lowest BCUT2D eigenvalue weighted by Crippen LogP contribution is -2.37. The fourth-order valence-corrected chi connectivity index (χ4v) is 2.41. The predicted octanol–water partition coefficient (Wildman–Crippen LogP) is 2.85. The molecule has 1 heterocycles. The summed E-state index contributed by atoms with van der Waals surface area (Å²) < 4.78 is 0. The maximum atomic E-state index is 12.5. The van der Waals surface area contributed by atoms with Gasteiger partial charge in [0.25, 0.3) is 0 Å². The van der Waals surface area contributed by atoms with Crippen molar-refractivity contribution < 1.29 is 9.59 Å². The van der Waals surface area contributed by atoms with Gasteiger partial charge in [-0.15, -0.1) is 0 Å². The Labute approximate surface area is 117 Å². The number of halogens is 1. The Kier molecular flexibility index (Phi) is 3.31. The first-order valence-electron chi connectivity index (χ1n) is 6.20. The third kappa shape index (κ3) is 2.10. The number of nitrogen functional groups attached to an aromatic ring is 1. The van der Waals surface area contributed by atoms with E-state index in [1.54, 1.807) is 18.2 Å². The van der Waals surface area contributed by atoms with Crippen LogP contribution in [0.1, 0.15) is 27.2 Å². The molecule has 0 aromatic heterocycles. The van der Waals surface area contributed by atoms with Crippen LogP contribution in [0.5, 0.6) is 0 Å². The van der Waals surface area contributed by atoms with Crippen molar-refractivity contribution >= 4 is 34.8 Å². The van der Waals surface area contributed by atoms with E-state index < -0.39 is 5.41 Å². The summed E-state index contributed by atoms with van der Waals surface area (Å²) in [5, 5.41) is 0.447. The molecule has 0 aliphatic carbocycles. The number of nitrogens with zero attached hydrogens (tertiary/aromatic N) is 1. The molecule has 0 saturated carbocycles. The van der Waals surface area contributed by atoms with E-state index in [0.717, 1.165) is 0 Å². The van der Waals surface area contributed by atoms with Crippen molar-refractivity contribution in [2.24, 2.45) is 11.3 Å². The molecule has 1 fully saturated rings. The Bertz CT molecular complexity index is 556. The van der Waals surface area contributed by atoms with E-state index in [1.165, 1.54) is 4.90 Å². The first-order valence-corrected chi connectivity index (χ1v) is 6.57. The molecule has 2 rings (SSSR count). The quantitative estimate of drug-likeness (QED) is 0.669. The maximum Gasteiger partial charge on any atom is 0.240 e. The molecule has 0 bridgehead atoms. The van der Waals surface area contributed by atoms with Crippen LogP contribution in [0.15, 0.2) is 18.2 Å². The molecule has 1 aromatic rings. The maximum absolute atomic E-state index is 12.5. The molecule has 5 heteroatoms. The average Bonchev–Trinajstić information content (AvgIpc) is 2.55. The third-order valence-electron chi connectivity index (χ3n) is 3.97. The standard InChI is InChI=1S/C14H17ClN2O2/c1-8(2)14(3)7-12(18)17(13(14)19)11-6-9(15)4-5-10(11)16/h4-6,8H,7,16H2,1-3H3. The lowest BCUT2D eigenvalue weighted by atomic mass is 9.78. The topological polar surface area (TPSA) is 63.4 Å². The molecule has 1 saturated heterocycles. The molecule has 102 valence electrons. The molecule has 1 unspecified atom stereocenters. The summed E-state index contributed by atoms with van der Waals surface area (Å²) in [5.74, 6) is -0.356. The van der Waals surface area contributed by atoms with Gasteiger partial charge in [0.2, 0.25) is 11.8 Å². The van der Waals surface area contributed by atoms with Crippen LogP contribution in [-0.4, -0.2) is 11.8 Å². The zero-order valence-corrected chi connectivity index (χ0v) is 12.0. The van der Waals surface area contributed by atoms with Gasteiger partial charge < -0.3 is 5.73 Å². The average molecular weight is 281 g/mol. The second-order valence-corrected chi connectivity index (χ2v) is 5.92. The van der Waals surface area contributed by atoms with Gasteiger partial charge in [-0.3, -0.25) is 9.59 Å². The van der Waals surface area contributed by atoms with Gasteiger partial charge >= 0.3 is 0 Å².